The van der Waals surface area contributed by atoms with Crippen LogP contribution in [-0.4, -0.2) is 26.2 Å². The van der Waals surface area contributed by atoms with Gasteiger partial charge in [-0.05, 0) is 37.0 Å². The lowest BCUT2D eigenvalue weighted by Crippen LogP contribution is -2.27. The topological polar surface area (TPSA) is 76.3 Å². The first-order valence-corrected chi connectivity index (χ1v) is 10.4. The average Bonchev–Trinajstić information content (AvgIpc) is 3.07. The van der Waals surface area contributed by atoms with Crippen molar-refractivity contribution in [2.45, 2.75) is 32.6 Å². The highest BCUT2D eigenvalue weighted by Crippen LogP contribution is 2.36. The van der Waals surface area contributed by atoms with Crippen LogP contribution in [0.15, 0.2) is 18.2 Å². The van der Waals surface area contributed by atoms with Crippen molar-refractivity contribution >= 4 is 32.2 Å². The maximum Gasteiger partial charge on any atom is 0.232 e. The van der Waals surface area contributed by atoms with E-state index in [-0.39, 0.29) is 0 Å². The Hall–Kier alpha value is -1.60. The van der Waals surface area contributed by atoms with E-state index in [0.29, 0.717) is 11.7 Å². The van der Waals surface area contributed by atoms with Crippen molar-refractivity contribution in [1.29, 1.82) is 0 Å². The molecule has 0 aliphatic carbocycles. The highest BCUT2D eigenvalue weighted by atomic mass is 32.2. The molecule has 5 nitrogen and oxygen atoms in total. The zero-order valence-electron chi connectivity index (χ0n) is 13.4. The number of aryl methyl sites for hydroxylation is 1. The molecule has 1 aromatic carbocycles. The fraction of sp³-hybridized carbons (Fsp3) is 0.438. The predicted molar refractivity (Wildman–Crippen MR) is 96.5 cm³/mol. The van der Waals surface area contributed by atoms with Crippen LogP contribution in [0, 0.1) is 0 Å². The molecule has 0 amide bonds. The molecule has 2 heterocycles. The first-order chi connectivity index (χ1) is 10.9. The summed E-state index contributed by atoms with van der Waals surface area (Å²) in [5, 5.41) is 0.587. The minimum atomic E-state index is -3.21. The van der Waals surface area contributed by atoms with Crippen LogP contribution in [0.25, 0.3) is 11.3 Å². The summed E-state index contributed by atoms with van der Waals surface area (Å²) in [6.07, 6.45) is 5.21. The Morgan fingerprint density at radius 3 is 2.87 bits per heavy atom. The van der Waals surface area contributed by atoms with E-state index in [1.165, 1.54) is 15.4 Å². The first kappa shape index (κ1) is 16.3. The molecule has 0 saturated heterocycles. The second-order valence-corrected chi connectivity index (χ2v) is 8.88. The molecule has 2 aromatic rings. The molecule has 3 rings (SSSR count). The van der Waals surface area contributed by atoms with Gasteiger partial charge in [-0.3, -0.25) is 4.31 Å². The molecule has 0 spiro atoms. The van der Waals surface area contributed by atoms with Crippen molar-refractivity contribution in [2.24, 2.45) is 0 Å². The van der Waals surface area contributed by atoms with Gasteiger partial charge in [-0.2, -0.15) is 0 Å². The molecule has 23 heavy (non-hydrogen) atoms. The molecule has 0 fully saturated rings. The lowest BCUT2D eigenvalue weighted by molar-refractivity contribution is 0.598. The van der Waals surface area contributed by atoms with Gasteiger partial charge in [-0.1, -0.05) is 19.4 Å². The standard InChI is InChI=1S/C16H21N3O2S2/c1-3-4-5-14-15(18-16(17)22-14)12-6-7-13-11(10-12)8-9-19(13)23(2,20)21/h6-7,10H,3-5,8-9H2,1-2H3,(H2,17,18). The fourth-order valence-electron chi connectivity index (χ4n) is 2.97. The van der Waals surface area contributed by atoms with Gasteiger partial charge in [0, 0.05) is 17.0 Å². The van der Waals surface area contributed by atoms with E-state index in [2.05, 4.69) is 18.0 Å². The van der Waals surface area contributed by atoms with E-state index in [0.717, 1.165) is 48.2 Å². The number of nitrogens with zero attached hydrogens (tertiary/aromatic N) is 2. The number of anilines is 2. The molecular formula is C16H21N3O2S2. The highest BCUT2D eigenvalue weighted by molar-refractivity contribution is 7.92. The number of rotatable bonds is 5. The third-order valence-corrected chi connectivity index (χ3v) is 6.20. The Kier molecular flexibility index (Phi) is 4.33. The Morgan fingerprint density at radius 2 is 2.17 bits per heavy atom. The number of aromatic nitrogens is 1. The predicted octanol–water partition coefficient (Wildman–Crippen LogP) is 3.06. The molecule has 0 unspecified atom stereocenters. The van der Waals surface area contributed by atoms with E-state index in [1.54, 1.807) is 11.3 Å². The van der Waals surface area contributed by atoms with Crippen LogP contribution >= 0.6 is 11.3 Å². The number of hydrogen-bond donors (Lipinski definition) is 1. The summed E-state index contributed by atoms with van der Waals surface area (Å²) in [6, 6.07) is 5.90. The molecule has 0 bridgehead atoms. The Morgan fingerprint density at radius 1 is 1.39 bits per heavy atom. The second kappa shape index (κ2) is 6.13. The summed E-state index contributed by atoms with van der Waals surface area (Å²) in [5.41, 5.74) is 9.72. The third kappa shape index (κ3) is 3.21. The van der Waals surface area contributed by atoms with Gasteiger partial charge in [-0.15, -0.1) is 11.3 Å². The summed E-state index contributed by atoms with van der Waals surface area (Å²) in [6.45, 7) is 2.68. The lowest BCUT2D eigenvalue weighted by atomic mass is 10.0. The minimum absolute atomic E-state index is 0.513. The van der Waals surface area contributed by atoms with Gasteiger partial charge in [0.05, 0.1) is 17.6 Å². The largest absolute Gasteiger partial charge is 0.375 e. The quantitative estimate of drug-likeness (QED) is 0.898. The number of benzene rings is 1. The number of fused-ring (bicyclic) bond motifs is 1. The van der Waals surface area contributed by atoms with Gasteiger partial charge in [0.25, 0.3) is 0 Å². The highest BCUT2D eigenvalue weighted by Gasteiger charge is 2.26. The molecule has 7 heteroatoms. The molecule has 2 N–H and O–H groups in total. The van der Waals surface area contributed by atoms with Gasteiger partial charge >= 0.3 is 0 Å². The molecule has 124 valence electrons. The van der Waals surface area contributed by atoms with Crippen LogP contribution in [-0.2, 0) is 22.9 Å². The smallest absolute Gasteiger partial charge is 0.232 e. The van der Waals surface area contributed by atoms with Crippen molar-refractivity contribution in [3.05, 3.63) is 28.6 Å². The van der Waals surface area contributed by atoms with Crippen molar-refractivity contribution < 1.29 is 8.42 Å². The molecule has 1 aliphatic rings. The lowest BCUT2D eigenvalue weighted by Gasteiger charge is -2.16. The van der Waals surface area contributed by atoms with Crippen LogP contribution in [0.5, 0.6) is 0 Å². The van der Waals surface area contributed by atoms with Crippen molar-refractivity contribution in [3.8, 4) is 11.3 Å². The van der Waals surface area contributed by atoms with E-state index in [1.807, 2.05) is 12.1 Å². The monoisotopic (exact) mass is 351 g/mol. The van der Waals surface area contributed by atoms with Crippen LogP contribution in [0.1, 0.15) is 30.2 Å². The summed E-state index contributed by atoms with van der Waals surface area (Å²) >= 11 is 1.55. The Labute approximate surface area is 141 Å². The maximum atomic E-state index is 11.8. The van der Waals surface area contributed by atoms with Gasteiger partial charge in [0.15, 0.2) is 5.13 Å². The third-order valence-electron chi connectivity index (χ3n) is 4.08. The molecule has 1 aromatic heterocycles. The number of thiazole rings is 1. The van der Waals surface area contributed by atoms with Crippen LogP contribution in [0.4, 0.5) is 10.8 Å². The summed E-state index contributed by atoms with van der Waals surface area (Å²) in [4.78, 5) is 5.70. The van der Waals surface area contributed by atoms with E-state index < -0.39 is 10.0 Å². The molecule has 0 atom stereocenters. The van der Waals surface area contributed by atoms with E-state index in [9.17, 15) is 8.42 Å². The Bertz CT molecular complexity index is 828. The van der Waals surface area contributed by atoms with Crippen LogP contribution < -0.4 is 10.0 Å². The van der Waals surface area contributed by atoms with E-state index >= 15 is 0 Å². The fourth-order valence-corrected chi connectivity index (χ4v) is 4.82. The second-order valence-electron chi connectivity index (χ2n) is 5.86. The van der Waals surface area contributed by atoms with Gasteiger partial charge in [0.1, 0.15) is 0 Å². The first-order valence-electron chi connectivity index (χ1n) is 7.76. The summed E-state index contributed by atoms with van der Waals surface area (Å²) < 4.78 is 25.1. The summed E-state index contributed by atoms with van der Waals surface area (Å²) in [5.74, 6) is 0. The van der Waals surface area contributed by atoms with Gasteiger partial charge in [0.2, 0.25) is 10.0 Å². The normalized spacial score (nSPS) is 14.3. The van der Waals surface area contributed by atoms with Crippen molar-refractivity contribution in [2.75, 3.05) is 22.8 Å². The SMILES string of the molecule is CCCCc1sc(N)nc1-c1ccc2c(c1)CCN2S(C)(=O)=O. The number of sulfonamides is 1. The number of unbranched alkanes of at least 4 members (excludes halogenated alkanes) is 1. The zero-order valence-corrected chi connectivity index (χ0v) is 15.0. The van der Waals surface area contributed by atoms with E-state index in [4.69, 9.17) is 5.73 Å². The maximum absolute atomic E-state index is 11.8. The van der Waals surface area contributed by atoms with Crippen molar-refractivity contribution in [3.63, 3.8) is 0 Å². The zero-order chi connectivity index (χ0) is 16.6. The number of nitrogens with two attached hydrogens (primary N) is 1. The van der Waals surface area contributed by atoms with Crippen LogP contribution in [0.2, 0.25) is 0 Å². The molecule has 0 saturated carbocycles. The number of hydrogen-bond acceptors (Lipinski definition) is 5. The van der Waals surface area contributed by atoms with Gasteiger partial charge in [-0.25, -0.2) is 13.4 Å². The summed E-state index contributed by atoms with van der Waals surface area (Å²) in [7, 11) is -3.21. The van der Waals surface area contributed by atoms with Crippen molar-refractivity contribution in [1.82, 2.24) is 4.98 Å². The molecule has 0 radical (unpaired) electrons. The average molecular weight is 351 g/mol. The number of nitrogen functional groups attached to an aromatic ring is 1. The minimum Gasteiger partial charge on any atom is -0.375 e. The Balaban J connectivity index is 1.98. The van der Waals surface area contributed by atoms with Gasteiger partial charge < -0.3 is 5.73 Å². The molecule has 1 aliphatic heterocycles. The molecular weight excluding hydrogens is 330 g/mol. The van der Waals surface area contributed by atoms with Crippen LogP contribution in [0.3, 0.4) is 0 Å².